The number of rotatable bonds is 8. The molecule has 0 bridgehead atoms. The summed E-state index contributed by atoms with van der Waals surface area (Å²) in [6.07, 6.45) is 0. The second-order valence-corrected chi connectivity index (χ2v) is 7.73. The normalized spacial score (nSPS) is 10.5. The molecule has 3 aromatic carbocycles. The molecule has 1 N–H and O–H groups in total. The lowest BCUT2D eigenvalue weighted by Crippen LogP contribution is -2.08. The topological polar surface area (TPSA) is 118 Å². The van der Waals surface area contributed by atoms with Gasteiger partial charge in [-0.05, 0) is 42.5 Å². The molecule has 10 heteroatoms. The molecule has 0 unspecified atom stereocenters. The maximum Gasteiger partial charge on any atom is 0.337 e. The van der Waals surface area contributed by atoms with Gasteiger partial charge in [0.05, 0.1) is 52.2 Å². The molecule has 0 saturated heterocycles. The average Bonchev–Trinajstić information content (AvgIpc) is 2.94. The number of aromatic nitrogens is 2. The fraction of sp³-hybridized carbons (Fsp3) is 0.185. The van der Waals surface area contributed by atoms with Crippen molar-refractivity contribution < 1.29 is 33.3 Å². The highest BCUT2D eigenvalue weighted by Crippen LogP contribution is 2.41. The molecule has 0 saturated carbocycles. The number of hydrogen-bond acceptors (Lipinski definition) is 10. The Morgan fingerprint density at radius 2 is 1.32 bits per heavy atom. The number of fused-ring (bicyclic) bond motifs is 1. The molecule has 0 spiro atoms. The van der Waals surface area contributed by atoms with E-state index >= 15 is 0 Å². The molecule has 0 aliphatic heterocycles. The van der Waals surface area contributed by atoms with Crippen molar-refractivity contribution in [1.82, 2.24) is 9.97 Å². The first-order chi connectivity index (χ1) is 17.9. The zero-order valence-electron chi connectivity index (χ0n) is 20.9. The van der Waals surface area contributed by atoms with Gasteiger partial charge >= 0.3 is 11.9 Å². The first-order valence-electron chi connectivity index (χ1n) is 11.1. The van der Waals surface area contributed by atoms with Gasteiger partial charge in [-0.2, -0.15) is 0 Å². The van der Waals surface area contributed by atoms with Gasteiger partial charge in [0.1, 0.15) is 5.82 Å². The highest BCUT2D eigenvalue weighted by Gasteiger charge is 2.18. The van der Waals surface area contributed by atoms with Gasteiger partial charge in [-0.15, -0.1) is 0 Å². The molecule has 0 atom stereocenters. The Bertz CT molecular complexity index is 1430. The molecular formula is C27H25N3O7. The summed E-state index contributed by atoms with van der Waals surface area (Å²) in [6, 6.07) is 15.5. The van der Waals surface area contributed by atoms with E-state index in [1.165, 1.54) is 41.6 Å². The molecule has 1 aromatic heterocycles. The van der Waals surface area contributed by atoms with Gasteiger partial charge in [0.2, 0.25) is 5.75 Å². The van der Waals surface area contributed by atoms with E-state index in [2.05, 4.69) is 5.32 Å². The lowest BCUT2D eigenvalue weighted by atomic mass is 10.1. The summed E-state index contributed by atoms with van der Waals surface area (Å²) >= 11 is 0. The van der Waals surface area contributed by atoms with Crippen LogP contribution in [0.2, 0.25) is 0 Å². The van der Waals surface area contributed by atoms with Crippen LogP contribution in [0.5, 0.6) is 17.2 Å². The predicted molar refractivity (Wildman–Crippen MR) is 137 cm³/mol. The minimum Gasteiger partial charge on any atom is -0.493 e. The molecule has 0 fully saturated rings. The molecule has 0 aliphatic rings. The smallest absolute Gasteiger partial charge is 0.337 e. The van der Waals surface area contributed by atoms with Crippen LogP contribution in [0, 0.1) is 0 Å². The van der Waals surface area contributed by atoms with Crippen LogP contribution < -0.4 is 19.5 Å². The fourth-order valence-corrected chi connectivity index (χ4v) is 3.82. The van der Waals surface area contributed by atoms with Gasteiger partial charge in [0, 0.05) is 16.6 Å². The number of nitrogens with zero attached hydrogens (tertiary/aromatic N) is 2. The zero-order valence-corrected chi connectivity index (χ0v) is 20.9. The minimum absolute atomic E-state index is 0.177. The summed E-state index contributed by atoms with van der Waals surface area (Å²) in [6.45, 7) is 0. The molecule has 37 heavy (non-hydrogen) atoms. The van der Waals surface area contributed by atoms with Gasteiger partial charge in [-0.25, -0.2) is 19.6 Å². The number of methoxy groups -OCH3 is 5. The van der Waals surface area contributed by atoms with Crippen molar-refractivity contribution in [3.8, 4) is 28.6 Å². The molecular weight excluding hydrogens is 478 g/mol. The van der Waals surface area contributed by atoms with Gasteiger partial charge in [-0.3, -0.25) is 0 Å². The maximum atomic E-state index is 12.2. The van der Waals surface area contributed by atoms with Crippen LogP contribution in [0.15, 0.2) is 54.6 Å². The summed E-state index contributed by atoms with van der Waals surface area (Å²) < 4.78 is 26.1. The molecule has 1 heterocycles. The molecule has 0 aliphatic carbocycles. The highest BCUT2D eigenvalue weighted by atomic mass is 16.5. The van der Waals surface area contributed by atoms with Gasteiger partial charge in [0.25, 0.3) is 0 Å². The van der Waals surface area contributed by atoms with E-state index in [1.54, 1.807) is 24.3 Å². The summed E-state index contributed by atoms with van der Waals surface area (Å²) in [5.74, 6) is 1.000. The third-order valence-electron chi connectivity index (χ3n) is 5.56. The standard InChI is InChI=1S/C27H25N3O7/c1-33-21-13-15(14-22(34-2)23(21)35-3)24-29-20-9-7-6-8-19(20)25(30-24)28-18-11-16(26(31)36-4)10-17(12-18)27(32)37-5/h6-14H,1-5H3,(H,28,29,30). The first kappa shape index (κ1) is 25.2. The number of carbonyl (C=O) groups excluding carboxylic acids is 2. The Labute approximate surface area is 213 Å². The van der Waals surface area contributed by atoms with E-state index in [-0.39, 0.29) is 11.1 Å². The highest BCUT2D eigenvalue weighted by molar-refractivity contribution is 5.98. The van der Waals surface area contributed by atoms with E-state index in [4.69, 9.17) is 33.7 Å². The van der Waals surface area contributed by atoms with E-state index in [1.807, 2.05) is 24.3 Å². The number of anilines is 2. The Kier molecular flexibility index (Phi) is 7.38. The molecule has 0 amide bonds. The van der Waals surface area contributed by atoms with Crippen molar-refractivity contribution in [1.29, 1.82) is 0 Å². The SMILES string of the molecule is COC(=O)c1cc(Nc2nc(-c3cc(OC)c(OC)c(OC)c3)nc3ccccc23)cc(C(=O)OC)c1. The van der Waals surface area contributed by atoms with Crippen molar-refractivity contribution in [2.24, 2.45) is 0 Å². The van der Waals surface area contributed by atoms with E-state index in [9.17, 15) is 9.59 Å². The first-order valence-corrected chi connectivity index (χ1v) is 11.1. The number of hydrogen-bond donors (Lipinski definition) is 1. The molecule has 4 aromatic rings. The Morgan fingerprint density at radius 1 is 0.730 bits per heavy atom. The third-order valence-corrected chi connectivity index (χ3v) is 5.56. The number of benzene rings is 3. The lowest BCUT2D eigenvalue weighted by molar-refractivity contribution is 0.0599. The molecule has 10 nitrogen and oxygen atoms in total. The second-order valence-electron chi connectivity index (χ2n) is 7.73. The summed E-state index contributed by atoms with van der Waals surface area (Å²) in [5.41, 5.74) is 2.08. The Balaban J connectivity index is 1.88. The van der Waals surface area contributed by atoms with Crippen LogP contribution in [0.4, 0.5) is 11.5 Å². The fourth-order valence-electron chi connectivity index (χ4n) is 3.82. The van der Waals surface area contributed by atoms with Crippen molar-refractivity contribution in [3.63, 3.8) is 0 Å². The van der Waals surface area contributed by atoms with Gasteiger partial charge < -0.3 is 29.0 Å². The van der Waals surface area contributed by atoms with E-state index in [0.29, 0.717) is 45.7 Å². The van der Waals surface area contributed by atoms with Crippen LogP contribution >= 0.6 is 0 Å². The van der Waals surface area contributed by atoms with E-state index in [0.717, 1.165) is 5.39 Å². The minimum atomic E-state index is -0.598. The number of carbonyl (C=O) groups is 2. The summed E-state index contributed by atoms with van der Waals surface area (Å²) in [4.78, 5) is 34.0. The zero-order chi connectivity index (χ0) is 26.5. The van der Waals surface area contributed by atoms with Crippen LogP contribution in [0.25, 0.3) is 22.3 Å². The second kappa shape index (κ2) is 10.8. The third kappa shape index (κ3) is 5.08. The molecule has 4 rings (SSSR count). The van der Waals surface area contributed by atoms with Crippen LogP contribution in [-0.4, -0.2) is 57.5 Å². The summed E-state index contributed by atoms with van der Waals surface area (Å²) in [5, 5.41) is 3.95. The van der Waals surface area contributed by atoms with Crippen LogP contribution in [0.3, 0.4) is 0 Å². The summed E-state index contributed by atoms with van der Waals surface area (Å²) in [7, 11) is 7.12. The predicted octanol–water partition coefficient (Wildman–Crippen LogP) is 4.64. The largest absolute Gasteiger partial charge is 0.493 e. The van der Waals surface area contributed by atoms with Crippen molar-refractivity contribution in [2.75, 3.05) is 40.9 Å². The van der Waals surface area contributed by atoms with Crippen molar-refractivity contribution in [3.05, 3.63) is 65.7 Å². The number of nitrogens with one attached hydrogen (secondary N) is 1. The average molecular weight is 504 g/mol. The number of esters is 2. The molecule has 0 radical (unpaired) electrons. The van der Waals surface area contributed by atoms with Gasteiger partial charge in [-0.1, -0.05) is 12.1 Å². The molecule has 190 valence electrons. The van der Waals surface area contributed by atoms with Crippen molar-refractivity contribution >= 4 is 34.3 Å². The number of ether oxygens (including phenoxy) is 5. The van der Waals surface area contributed by atoms with Crippen LogP contribution in [0.1, 0.15) is 20.7 Å². The van der Waals surface area contributed by atoms with E-state index < -0.39 is 11.9 Å². The Morgan fingerprint density at radius 3 is 1.86 bits per heavy atom. The van der Waals surface area contributed by atoms with Crippen LogP contribution in [-0.2, 0) is 9.47 Å². The van der Waals surface area contributed by atoms with Crippen molar-refractivity contribution in [2.45, 2.75) is 0 Å². The quantitative estimate of drug-likeness (QED) is 0.341. The number of para-hydroxylation sites is 1. The van der Waals surface area contributed by atoms with Gasteiger partial charge in [0.15, 0.2) is 17.3 Å². The maximum absolute atomic E-state index is 12.2. The monoisotopic (exact) mass is 503 g/mol. The Hall–Kier alpha value is -4.86. The lowest BCUT2D eigenvalue weighted by Gasteiger charge is -2.15.